The Kier molecular flexibility index (Phi) is 5.08. The van der Waals surface area contributed by atoms with Gasteiger partial charge in [0.05, 0.1) is 19.1 Å². The van der Waals surface area contributed by atoms with Gasteiger partial charge in [0.25, 0.3) is 0 Å². The first kappa shape index (κ1) is 18.7. The van der Waals surface area contributed by atoms with Crippen molar-refractivity contribution in [3.05, 3.63) is 58.6 Å². The highest BCUT2D eigenvalue weighted by Gasteiger charge is 2.38. The summed E-state index contributed by atoms with van der Waals surface area (Å²) >= 11 is 5.99. The average molecular weight is 415 g/mol. The molecule has 2 saturated heterocycles. The Bertz CT molecular complexity index is 904. The molecule has 0 radical (unpaired) electrons. The zero-order chi connectivity index (χ0) is 19.8. The largest absolute Gasteiger partial charge is 0.454 e. The fraction of sp³-hybridized carbons (Fsp3) is 0.409. The molecular weight excluding hydrogens is 392 g/mol. The highest BCUT2D eigenvalue weighted by Crippen LogP contribution is 2.33. The smallest absolute Gasteiger partial charge is 0.231 e. The zero-order valence-electron chi connectivity index (χ0n) is 16.0. The Hall–Kier alpha value is -2.28. The van der Waals surface area contributed by atoms with E-state index in [0.717, 1.165) is 41.4 Å². The predicted octanol–water partition coefficient (Wildman–Crippen LogP) is 2.94. The van der Waals surface area contributed by atoms with Crippen molar-refractivity contribution in [2.45, 2.75) is 31.0 Å². The van der Waals surface area contributed by atoms with Crippen LogP contribution in [0, 0.1) is 0 Å². The summed E-state index contributed by atoms with van der Waals surface area (Å²) < 4.78 is 16.8. The summed E-state index contributed by atoms with van der Waals surface area (Å²) in [7, 11) is 0. The van der Waals surface area contributed by atoms with E-state index in [1.54, 1.807) is 0 Å². The average Bonchev–Trinajstić information content (AvgIpc) is 3.33. The zero-order valence-corrected chi connectivity index (χ0v) is 16.7. The van der Waals surface area contributed by atoms with E-state index < -0.39 is 0 Å². The molecule has 29 heavy (non-hydrogen) atoms. The molecule has 2 aromatic carbocycles. The number of halogens is 1. The molecule has 1 amide bonds. The summed E-state index contributed by atoms with van der Waals surface area (Å²) in [5.74, 6) is 1.47. The number of fused-ring (bicyclic) bond motifs is 2. The molecule has 1 N–H and O–H groups in total. The van der Waals surface area contributed by atoms with Gasteiger partial charge in [-0.15, -0.1) is 0 Å². The third-order valence-electron chi connectivity index (χ3n) is 5.83. The normalized spacial score (nSPS) is 25.6. The van der Waals surface area contributed by atoms with E-state index >= 15 is 0 Å². The number of hydrogen-bond donors (Lipinski definition) is 1. The molecule has 3 aliphatic rings. The number of carbonyl (C=O) groups excluding carboxylic acids is 1. The molecule has 0 aromatic heterocycles. The van der Waals surface area contributed by atoms with E-state index in [0.29, 0.717) is 24.8 Å². The predicted molar refractivity (Wildman–Crippen MR) is 108 cm³/mol. The number of ether oxygens (including phenoxy) is 3. The Morgan fingerprint density at radius 1 is 1.10 bits per heavy atom. The van der Waals surface area contributed by atoms with Gasteiger partial charge in [-0.3, -0.25) is 9.69 Å². The van der Waals surface area contributed by atoms with Crippen LogP contribution in [0.2, 0.25) is 5.02 Å². The number of nitrogens with one attached hydrogen (secondary N) is 1. The topological polar surface area (TPSA) is 60.0 Å². The number of hydrogen-bond acceptors (Lipinski definition) is 5. The van der Waals surface area contributed by atoms with Crippen LogP contribution < -0.4 is 14.8 Å². The van der Waals surface area contributed by atoms with Gasteiger partial charge in [-0.05, 0) is 41.8 Å². The molecule has 2 fully saturated rings. The van der Waals surface area contributed by atoms with E-state index in [9.17, 15) is 4.79 Å². The molecule has 0 aliphatic carbocycles. The summed E-state index contributed by atoms with van der Waals surface area (Å²) in [6.07, 6.45) is 1.30. The molecule has 6 nitrogen and oxygen atoms in total. The van der Waals surface area contributed by atoms with Gasteiger partial charge in [0.1, 0.15) is 0 Å². The molecular formula is C22H23ClN2O4. The number of morpholine rings is 1. The van der Waals surface area contributed by atoms with Crippen molar-refractivity contribution >= 4 is 17.5 Å². The Labute approximate surface area is 174 Å². The summed E-state index contributed by atoms with van der Waals surface area (Å²) in [6, 6.07) is 14.0. The molecule has 0 saturated carbocycles. The van der Waals surface area contributed by atoms with Crippen LogP contribution in [0.3, 0.4) is 0 Å². The van der Waals surface area contributed by atoms with Crippen LogP contribution in [0.5, 0.6) is 11.5 Å². The minimum atomic E-state index is 0.0314. The molecule has 152 valence electrons. The summed E-state index contributed by atoms with van der Waals surface area (Å²) in [4.78, 5) is 15.0. The minimum absolute atomic E-state index is 0.0314. The van der Waals surface area contributed by atoms with Crippen LogP contribution in [0.25, 0.3) is 0 Å². The van der Waals surface area contributed by atoms with Gasteiger partial charge in [-0.1, -0.05) is 29.8 Å². The first-order valence-electron chi connectivity index (χ1n) is 9.93. The Balaban J connectivity index is 1.16. The number of rotatable bonds is 4. The van der Waals surface area contributed by atoms with Gasteiger partial charge in [0.2, 0.25) is 12.7 Å². The Morgan fingerprint density at radius 2 is 1.93 bits per heavy atom. The summed E-state index contributed by atoms with van der Waals surface area (Å²) in [6.45, 7) is 2.61. The van der Waals surface area contributed by atoms with E-state index in [1.165, 1.54) is 0 Å². The molecule has 2 aromatic rings. The van der Waals surface area contributed by atoms with Gasteiger partial charge in [0.15, 0.2) is 11.5 Å². The lowest BCUT2D eigenvalue weighted by Crippen LogP contribution is -2.43. The third kappa shape index (κ3) is 4.06. The van der Waals surface area contributed by atoms with Crippen molar-refractivity contribution in [2.75, 3.05) is 26.5 Å². The van der Waals surface area contributed by atoms with Crippen LogP contribution in [0.15, 0.2) is 42.5 Å². The first-order valence-corrected chi connectivity index (χ1v) is 10.3. The maximum Gasteiger partial charge on any atom is 0.231 e. The second-order valence-electron chi connectivity index (χ2n) is 7.85. The van der Waals surface area contributed by atoms with E-state index in [1.807, 2.05) is 42.5 Å². The van der Waals surface area contributed by atoms with Gasteiger partial charge in [0, 0.05) is 30.2 Å². The highest BCUT2D eigenvalue weighted by molar-refractivity contribution is 6.30. The van der Waals surface area contributed by atoms with E-state index in [-0.39, 0.29) is 24.8 Å². The van der Waals surface area contributed by atoms with Crippen molar-refractivity contribution in [1.29, 1.82) is 0 Å². The van der Waals surface area contributed by atoms with Crippen LogP contribution in [-0.2, 0) is 16.0 Å². The lowest BCUT2D eigenvalue weighted by atomic mass is 10.1. The third-order valence-corrected chi connectivity index (χ3v) is 6.08. The molecule has 3 atom stereocenters. The monoisotopic (exact) mass is 414 g/mol. The second kappa shape index (κ2) is 7.86. The fourth-order valence-corrected chi connectivity index (χ4v) is 4.50. The van der Waals surface area contributed by atoms with Crippen molar-refractivity contribution in [3.63, 3.8) is 0 Å². The van der Waals surface area contributed by atoms with Crippen LogP contribution in [0.1, 0.15) is 23.7 Å². The van der Waals surface area contributed by atoms with Crippen molar-refractivity contribution in [1.82, 2.24) is 10.2 Å². The quantitative estimate of drug-likeness (QED) is 0.833. The standard InChI is InChI=1S/C22H23ClN2O4/c23-16-4-2-15(3-5-16)21-11-25-10-17(9-18(25)12-27-21)24-22(26)8-14-1-6-19-20(7-14)29-13-28-19/h1-7,17-18,21H,8-13H2,(H,24,26)/t17-,18+,21-/m1/s1. The van der Waals surface area contributed by atoms with Gasteiger partial charge < -0.3 is 19.5 Å². The number of nitrogens with zero attached hydrogens (tertiary/aromatic N) is 1. The van der Waals surface area contributed by atoms with Crippen LogP contribution >= 0.6 is 11.6 Å². The fourth-order valence-electron chi connectivity index (χ4n) is 4.37. The molecule has 3 aliphatic heterocycles. The maximum atomic E-state index is 12.5. The van der Waals surface area contributed by atoms with Gasteiger partial charge in [-0.25, -0.2) is 0 Å². The van der Waals surface area contributed by atoms with Crippen LogP contribution in [0.4, 0.5) is 0 Å². The molecule has 0 bridgehead atoms. The SMILES string of the molecule is O=C(Cc1ccc2c(c1)OCO2)N[C@@H]1C[C@H]2CO[C@@H](c3ccc(Cl)cc3)CN2C1. The number of benzene rings is 2. The molecule has 0 spiro atoms. The van der Waals surface area contributed by atoms with E-state index in [4.69, 9.17) is 25.8 Å². The molecule has 0 unspecified atom stereocenters. The number of amides is 1. The number of carbonyl (C=O) groups is 1. The van der Waals surface area contributed by atoms with Crippen molar-refractivity contribution in [3.8, 4) is 11.5 Å². The Morgan fingerprint density at radius 3 is 2.79 bits per heavy atom. The molecule has 5 rings (SSSR count). The minimum Gasteiger partial charge on any atom is -0.454 e. The van der Waals surface area contributed by atoms with Gasteiger partial charge >= 0.3 is 0 Å². The lowest BCUT2D eigenvalue weighted by Gasteiger charge is -2.35. The highest BCUT2D eigenvalue weighted by atomic mass is 35.5. The van der Waals surface area contributed by atoms with E-state index in [2.05, 4.69) is 10.2 Å². The second-order valence-corrected chi connectivity index (χ2v) is 8.28. The van der Waals surface area contributed by atoms with Crippen molar-refractivity contribution < 1.29 is 19.0 Å². The maximum absolute atomic E-state index is 12.5. The summed E-state index contributed by atoms with van der Waals surface area (Å²) in [5, 5.41) is 3.92. The van der Waals surface area contributed by atoms with Crippen molar-refractivity contribution in [2.24, 2.45) is 0 Å². The summed E-state index contributed by atoms with van der Waals surface area (Å²) in [5.41, 5.74) is 2.07. The molecule has 3 heterocycles. The lowest BCUT2D eigenvalue weighted by molar-refractivity contribution is -0.121. The van der Waals surface area contributed by atoms with Gasteiger partial charge in [-0.2, -0.15) is 0 Å². The molecule has 7 heteroatoms. The van der Waals surface area contributed by atoms with Crippen LogP contribution in [-0.4, -0.2) is 49.4 Å². The first-order chi connectivity index (χ1) is 14.1.